The average Bonchev–Trinajstić information content (AvgIpc) is 2.43. The Labute approximate surface area is 126 Å². The first-order chi connectivity index (χ1) is 9.51. The van der Waals surface area contributed by atoms with Gasteiger partial charge < -0.3 is 10.2 Å². The summed E-state index contributed by atoms with van der Waals surface area (Å²) in [4.78, 5) is 25.3. The number of hydrogen-bond acceptors (Lipinski definition) is 2. The van der Waals surface area contributed by atoms with Gasteiger partial charge in [-0.25, -0.2) is 4.39 Å². The number of rotatable bonds is 6. The van der Waals surface area contributed by atoms with Crippen molar-refractivity contribution in [1.82, 2.24) is 10.2 Å². The van der Waals surface area contributed by atoms with Crippen LogP contribution in [0.25, 0.3) is 0 Å². The van der Waals surface area contributed by atoms with Crippen molar-refractivity contribution in [3.8, 4) is 0 Å². The second-order valence-corrected chi connectivity index (χ2v) is 4.97. The zero-order valence-electron chi connectivity index (χ0n) is 11.6. The Morgan fingerprint density at radius 2 is 1.95 bits per heavy atom. The molecule has 0 saturated heterocycles. The summed E-state index contributed by atoms with van der Waals surface area (Å²) in [6.07, 6.45) is 0.236. The second-order valence-electron chi connectivity index (χ2n) is 4.17. The first kappa shape index (κ1) is 16.6. The van der Waals surface area contributed by atoms with Gasteiger partial charge in [0, 0.05) is 26.1 Å². The lowest BCUT2D eigenvalue weighted by molar-refractivity contribution is -0.130. The van der Waals surface area contributed by atoms with Gasteiger partial charge in [0.1, 0.15) is 5.82 Å². The van der Waals surface area contributed by atoms with Gasteiger partial charge >= 0.3 is 0 Å². The molecular weight excluding hydrogens is 327 g/mol. The highest BCUT2D eigenvalue weighted by Crippen LogP contribution is 2.20. The summed E-state index contributed by atoms with van der Waals surface area (Å²) in [7, 11) is 0. The molecule has 0 spiro atoms. The quantitative estimate of drug-likeness (QED) is 0.862. The maximum Gasteiger partial charge on any atom is 0.252 e. The zero-order chi connectivity index (χ0) is 15.1. The molecule has 0 aliphatic rings. The van der Waals surface area contributed by atoms with Crippen LogP contribution in [0.1, 0.15) is 30.6 Å². The van der Waals surface area contributed by atoms with Crippen molar-refractivity contribution in [2.45, 2.75) is 20.3 Å². The van der Waals surface area contributed by atoms with Gasteiger partial charge in [-0.05, 0) is 41.9 Å². The number of carbonyl (C=O) groups is 2. The van der Waals surface area contributed by atoms with E-state index in [9.17, 15) is 14.0 Å². The molecule has 0 aliphatic heterocycles. The van der Waals surface area contributed by atoms with Gasteiger partial charge in [0.25, 0.3) is 5.91 Å². The van der Waals surface area contributed by atoms with Crippen LogP contribution < -0.4 is 5.32 Å². The highest BCUT2D eigenvalue weighted by molar-refractivity contribution is 9.10. The van der Waals surface area contributed by atoms with Crippen LogP contribution in [0.3, 0.4) is 0 Å². The number of benzene rings is 1. The van der Waals surface area contributed by atoms with Crippen molar-refractivity contribution < 1.29 is 14.0 Å². The maximum atomic E-state index is 13.3. The SMILES string of the molecule is CCN(CC)C(=O)CCNC(=O)c1cccc(F)c1Br. The smallest absolute Gasteiger partial charge is 0.252 e. The third-order valence-electron chi connectivity index (χ3n) is 2.94. The first-order valence-corrected chi connectivity index (χ1v) is 7.30. The predicted molar refractivity (Wildman–Crippen MR) is 79.0 cm³/mol. The summed E-state index contributed by atoms with van der Waals surface area (Å²) in [5.74, 6) is -0.894. The fourth-order valence-corrected chi connectivity index (χ4v) is 2.24. The molecule has 110 valence electrons. The summed E-state index contributed by atoms with van der Waals surface area (Å²) in [5, 5.41) is 2.62. The van der Waals surface area contributed by atoms with Crippen molar-refractivity contribution in [3.63, 3.8) is 0 Å². The number of nitrogens with zero attached hydrogens (tertiary/aromatic N) is 1. The van der Waals surface area contributed by atoms with Crippen LogP contribution in [0.4, 0.5) is 4.39 Å². The van der Waals surface area contributed by atoms with Gasteiger partial charge in [0.15, 0.2) is 0 Å². The molecule has 20 heavy (non-hydrogen) atoms. The molecule has 4 nitrogen and oxygen atoms in total. The lowest BCUT2D eigenvalue weighted by Crippen LogP contribution is -2.34. The van der Waals surface area contributed by atoms with Crippen LogP contribution in [-0.2, 0) is 4.79 Å². The molecule has 0 fully saturated rings. The highest BCUT2D eigenvalue weighted by atomic mass is 79.9. The monoisotopic (exact) mass is 344 g/mol. The lowest BCUT2D eigenvalue weighted by Gasteiger charge is -2.18. The number of hydrogen-bond donors (Lipinski definition) is 1. The Balaban J connectivity index is 2.52. The largest absolute Gasteiger partial charge is 0.351 e. The van der Waals surface area contributed by atoms with E-state index in [1.165, 1.54) is 18.2 Å². The maximum absolute atomic E-state index is 13.3. The van der Waals surface area contributed by atoms with Gasteiger partial charge in [0.05, 0.1) is 10.0 Å². The number of amides is 2. The Kier molecular flexibility index (Phi) is 6.64. The minimum absolute atomic E-state index is 0.00592. The highest BCUT2D eigenvalue weighted by Gasteiger charge is 2.14. The van der Waals surface area contributed by atoms with Crippen molar-refractivity contribution in [1.29, 1.82) is 0 Å². The third kappa shape index (κ3) is 4.30. The second kappa shape index (κ2) is 7.99. The Morgan fingerprint density at radius 3 is 2.55 bits per heavy atom. The van der Waals surface area contributed by atoms with Crippen LogP contribution in [0, 0.1) is 5.82 Å². The van der Waals surface area contributed by atoms with E-state index in [-0.39, 0.29) is 28.9 Å². The molecule has 1 N–H and O–H groups in total. The van der Waals surface area contributed by atoms with Crippen molar-refractivity contribution in [2.24, 2.45) is 0 Å². The minimum Gasteiger partial charge on any atom is -0.351 e. The summed E-state index contributed by atoms with van der Waals surface area (Å²) in [6.45, 7) is 5.35. The van der Waals surface area contributed by atoms with Crippen LogP contribution >= 0.6 is 15.9 Å². The minimum atomic E-state index is -0.489. The van der Waals surface area contributed by atoms with Gasteiger partial charge in [-0.2, -0.15) is 0 Å². The van der Waals surface area contributed by atoms with E-state index in [1.54, 1.807) is 4.90 Å². The van der Waals surface area contributed by atoms with E-state index in [0.717, 1.165) is 0 Å². The van der Waals surface area contributed by atoms with E-state index in [0.29, 0.717) is 13.1 Å². The molecule has 0 saturated carbocycles. The predicted octanol–water partition coefficient (Wildman–Crippen LogP) is 2.58. The Hall–Kier alpha value is -1.43. The fourth-order valence-electron chi connectivity index (χ4n) is 1.79. The molecule has 0 unspecified atom stereocenters. The summed E-state index contributed by atoms with van der Waals surface area (Å²) in [6, 6.07) is 4.26. The van der Waals surface area contributed by atoms with Crippen molar-refractivity contribution in [2.75, 3.05) is 19.6 Å². The van der Waals surface area contributed by atoms with Crippen LogP contribution in [-0.4, -0.2) is 36.3 Å². The van der Waals surface area contributed by atoms with E-state index < -0.39 is 11.7 Å². The molecule has 0 aromatic heterocycles. The molecule has 1 aromatic rings. The van der Waals surface area contributed by atoms with E-state index in [2.05, 4.69) is 21.2 Å². The normalized spacial score (nSPS) is 10.2. The molecule has 1 aromatic carbocycles. The average molecular weight is 345 g/mol. The zero-order valence-corrected chi connectivity index (χ0v) is 13.2. The number of nitrogens with one attached hydrogen (secondary N) is 1. The Bertz CT molecular complexity index is 490. The molecule has 0 radical (unpaired) electrons. The molecule has 6 heteroatoms. The molecular formula is C14H18BrFN2O2. The summed E-state index contributed by atoms with van der Waals surface area (Å²) < 4.78 is 13.4. The van der Waals surface area contributed by atoms with Gasteiger partial charge in [0.2, 0.25) is 5.91 Å². The van der Waals surface area contributed by atoms with E-state index in [4.69, 9.17) is 0 Å². The lowest BCUT2D eigenvalue weighted by atomic mass is 10.2. The first-order valence-electron chi connectivity index (χ1n) is 6.51. The van der Waals surface area contributed by atoms with Crippen LogP contribution in [0.5, 0.6) is 0 Å². The summed E-state index contributed by atoms with van der Waals surface area (Å²) >= 11 is 3.04. The Morgan fingerprint density at radius 1 is 1.30 bits per heavy atom. The fraction of sp³-hybridized carbons (Fsp3) is 0.429. The summed E-state index contributed by atoms with van der Waals surface area (Å²) in [5.41, 5.74) is 0.222. The van der Waals surface area contributed by atoms with E-state index in [1.807, 2.05) is 13.8 Å². The molecule has 0 atom stereocenters. The topological polar surface area (TPSA) is 49.4 Å². The molecule has 2 amide bonds. The van der Waals surface area contributed by atoms with Crippen LogP contribution in [0.15, 0.2) is 22.7 Å². The number of halogens is 2. The standard InChI is InChI=1S/C14H18BrFN2O2/c1-3-18(4-2)12(19)8-9-17-14(20)10-6-5-7-11(16)13(10)15/h5-7H,3-4,8-9H2,1-2H3,(H,17,20). The molecule has 0 heterocycles. The third-order valence-corrected chi connectivity index (χ3v) is 3.74. The van der Waals surface area contributed by atoms with Gasteiger partial charge in [-0.1, -0.05) is 6.07 Å². The van der Waals surface area contributed by atoms with Crippen LogP contribution in [0.2, 0.25) is 0 Å². The number of carbonyl (C=O) groups excluding carboxylic acids is 2. The van der Waals surface area contributed by atoms with E-state index >= 15 is 0 Å². The van der Waals surface area contributed by atoms with Crippen molar-refractivity contribution in [3.05, 3.63) is 34.1 Å². The van der Waals surface area contributed by atoms with Crippen molar-refractivity contribution >= 4 is 27.7 Å². The molecule has 0 bridgehead atoms. The molecule has 0 aliphatic carbocycles. The molecule has 1 rings (SSSR count). The van der Waals surface area contributed by atoms with Gasteiger partial charge in [-0.15, -0.1) is 0 Å². The van der Waals surface area contributed by atoms with Gasteiger partial charge in [-0.3, -0.25) is 9.59 Å².